The minimum Gasteiger partial charge on any atom is -0.409 e. The molecule has 4 nitrogen and oxygen atoms in total. The van der Waals surface area contributed by atoms with Crippen LogP contribution in [0.3, 0.4) is 0 Å². The lowest BCUT2D eigenvalue weighted by Gasteiger charge is -2.12. The molecule has 21 heavy (non-hydrogen) atoms. The molecule has 0 spiro atoms. The number of fused-ring (bicyclic) bond motifs is 1. The number of pyridine rings is 1. The molecule has 0 fully saturated rings. The lowest BCUT2D eigenvalue weighted by Crippen LogP contribution is -1.97. The van der Waals surface area contributed by atoms with Gasteiger partial charge in [-0.3, -0.25) is 4.98 Å². The number of rotatable bonds is 2. The van der Waals surface area contributed by atoms with Crippen LogP contribution in [0.1, 0.15) is 36.6 Å². The third kappa shape index (κ3) is 2.49. The number of aryl methyl sites for hydroxylation is 2. The fourth-order valence-electron chi connectivity index (χ4n) is 2.52. The summed E-state index contributed by atoms with van der Waals surface area (Å²) in [6.45, 7) is 8.41. The summed E-state index contributed by atoms with van der Waals surface area (Å²) < 4.78 is 5.51. The van der Waals surface area contributed by atoms with Crippen LogP contribution in [0.2, 0.25) is 0 Å². The predicted octanol–water partition coefficient (Wildman–Crippen LogP) is 4.69. The van der Waals surface area contributed by atoms with Crippen molar-refractivity contribution in [3.63, 3.8) is 0 Å². The minimum absolute atomic E-state index is 0.283. The highest BCUT2D eigenvalue weighted by Crippen LogP contribution is 2.31. The molecule has 2 heterocycles. The second-order valence-electron chi connectivity index (χ2n) is 5.65. The monoisotopic (exact) mass is 299 g/mol. The molecular formula is C16H17N3OS. The van der Waals surface area contributed by atoms with E-state index in [-0.39, 0.29) is 4.84 Å². The van der Waals surface area contributed by atoms with E-state index in [0.29, 0.717) is 11.8 Å². The number of nitrogens with one attached hydrogen (secondary N) is 1. The maximum atomic E-state index is 5.51. The van der Waals surface area contributed by atoms with Crippen LogP contribution >= 0.6 is 12.2 Å². The van der Waals surface area contributed by atoms with E-state index in [2.05, 4.69) is 50.0 Å². The highest BCUT2D eigenvalue weighted by Gasteiger charge is 2.15. The van der Waals surface area contributed by atoms with Gasteiger partial charge in [-0.05, 0) is 49.7 Å². The minimum atomic E-state index is 0.283. The first-order valence-corrected chi connectivity index (χ1v) is 7.34. The summed E-state index contributed by atoms with van der Waals surface area (Å²) in [5, 5.41) is 7.90. The first kappa shape index (κ1) is 13.9. The molecule has 0 saturated heterocycles. The number of benzene rings is 1. The molecule has 3 rings (SSSR count). The first-order chi connectivity index (χ1) is 9.95. The highest BCUT2D eigenvalue weighted by atomic mass is 32.1. The Morgan fingerprint density at radius 3 is 2.57 bits per heavy atom. The first-order valence-electron chi connectivity index (χ1n) is 6.93. The van der Waals surface area contributed by atoms with Gasteiger partial charge in [0.15, 0.2) is 0 Å². The second kappa shape index (κ2) is 5.07. The third-order valence-electron chi connectivity index (χ3n) is 3.53. The zero-order chi connectivity index (χ0) is 15.1. The Morgan fingerprint density at radius 2 is 1.95 bits per heavy atom. The Hall–Kier alpha value is -2.01. The standard InChI is InChI=1S/C16H17N3OS/c1-8(2)13-7-12(15-18-19-16(21)20-15)11-6-9(3)5-10(4)14(11)17-13/h5-8H,1-4H3,(H,19,21). The van der Waals surface area contributed by atoms with Gasteiger partial charge in [0.1, 0.15) is 0 Å². The van der Waals surface area contributed by atoms with Crippen LogP contribution in [0.15, 0.2) is 22.6 Å². The molecule has 0 radical (unpaired) electrons. The molecule has 0 unspecified atom stereocenters. The molecule has 0 saturated carbocycles. The average Bonchev–Trinajstić information content (AvgIpc) is 2.84. The maximum absolute atomic E-state index is 5.51. The number of hydrogen-bond donors (Lipinski definition) is 1. The highest BCUT2D eigenvalue weighted by molar-refractivity contribution is 7.71. The predicted molar refractivity (Wildman–Crippen MR) is 86.0 cm³/mol. The van der Waals surface area contributed by atoms with Crippen molar-refractivity contribution in [1.29, 1.82) is 0 Å². The van der Waals surface area contributed by atoms with Gasteiger partial charge in [0.25, 0.3) is 4.84 Å². The molecule has 1 N–H and O–H groups in total. The molecule has 0 bridgehead atoms. The van der Waals surface area contributed by atoms with Gasteiger partial charge in [-0.2, -0.15) is 0 Å². The van der Waals surface area contributed by atoms with Gasteiger partial charge < -0.3 is 4.42 Å². The van der Waals surface area contributed by atoms with E-state index >= 15 is 0 Å². The molecule has 108 valence electrons. The Balaban J connectivity index is 2.42. The van der Waals surface area contributed by atoms with Crippen molar-refractivity contribution in [2.24, 2.45) is 0 Å². The van der Waals surface area contributed by atoms with Crippen molar-refractivity contribution in [2.75, 3.05) is 0 Å². The Morgan fingerprint density at radius 1 is 1.19 bits per heavy atom. The van der Waals surface area contributed by atoms with Crippen molar-refractivity contribution in [3.8, 4) is 11.5 Å². The van der Waals surface area contributed by atoms with Gasteiger partial charge >= 0.3 is 0 Å². The summed E-state index contributed by atoms with van der Waals surface area (Å²) in [6.07, 6.45) is 0. The van der Waals surface area contributed by atoms with Gasteiger partial charge in [-0.1, -0.05) is 25.5 Å². The van der Waals surface area contributed by atoms with Crippen LogP contribution < -0.4 is 0 Å². The fourth-order valence-corrected chi connectivity index (χ4v) is 2.64. The number of nitrogens with zero attached hydrogens (tertiary/aromatic N) is 2. The molecule has 0 amide bonds. The normalized spacial score (nSPS) is 11.5. The summed E-state index contributed by atoms with van der Waals surface area (Å²) in [4.78, 5) is 5.09. The van der Waals surface area contributed by atoms with Gasteiger partial charge in [0, 0.05) is 16.6 Å². The molecule has 1 aromatic carbocycles. The molecular weight excluding hydrogens is 282 g/mol. The largest absolute Gasteiger partial charge is 0.409 e. The van der Waals surface area contributed by atoms with Crippen LogP contribution in [-0.4, -0.2) is 15.2 Å². The van der Waals surface area contributed by atoms with Gasteiger partial charge in [0.05, 0.1) is 5.52 Å². The van der Waals surface area contributed by atoms with Crippen molar-refractivity contribution >= 4 is 23.1 Å². The lowest BCUT2D eigenvalue weighted by atomic mass is 9.99. The van der Waals surface area contributed by atoms with Gasteiger partial charge in [-0.15, -0.1) is 5.10 Å². The summed E-state index contributed by atoms with van der Waals surface area (Å²) in [6, 6.07) is 6.30. The average molecular weight is 299 g/mol. The lowest BCUT2D eigenvalue weighted by molar-refractivity contribution is 0.552. The van der Waals surface area contributed by atoms with Crippen LogP contribution in [-0.2, 0) is 0 Å². The second-order valence-corrected chi connectivity index (χ2v) is 6.02. The van der Waals surface area contributed by atoms with E-state index in [4.69, 9.17) is 21.6 Å². The van der Waals surface area contributed by atoms with Gasteiger partial charge in [0.2, 0.25) is 5.89 Å². The Labute approximate surface area is 128 Å². The topological polar surface area (TPSA) is 54.7 Å². The molecule has 0 aliphatic rings. The van der Waals surface area contributed by atoms with Gasteiger partial charge in [-0.25, -0.2) is 5.10 Å². The summed E-state index contributed by atoms with van der Waals surface area (Å²) in [5.74, 6) is 0.843. The number of H-pyrrole nitrogens is 1. The number of hydrogen-bond acceptors (Lipinski definition) is 4. The van der Waals surface area contributed by atoms with Crippen molar-refractivity contribution in [1.82, 2.24) is 15.2 Å². The van der Waals surface area contributed by atoms with E-state index in [1.54, 1.807) is 0 Å². The van der Waals surface area contributed by atoms with Crippen LogP contribution in [0.25, 0.3) is 22.4 Å². The SMILES string of the molecule is Cc1cc(C)c2nc(C(C)C)cc(-c3n[nH]c(=S)o3)c2c1. The molecule has 3 aromatic rings. The molecule has 2 aromatic heterocycles. The smallest absolute Gasteiger partial charge is 0.284 e. The van der Waals surface area contributed by atoms with E-state index in [9.17, 15) is 0 Å². The molecule has 0 aliphatic heterocycles. The molecule has 0 aliphatic carbocycles. The van der Waals surface area contributed by atoms with Crippen molar-refractivity contribution < 1.29 is 4.42 Å². The Bertz CT molecular complexity index is 877. The van der Waals surface area contributed by atoms with E-state index in [1.807, 2.05) is 6.07 Å². The zero-order valence-corrected chi connectivity index (χ0v) is 13.3. The van der Waals surface area contributed by atoms with E-state index in [0.717, 1.165) is 27.7 Å². The zero-order valence-electron chi connectivity index (χ0n) is 12.5. The maximum Gasteiger partial charge on any atom is 0.284 e. The number of aromatic amines is 1. The molecule has 5 heteroatoms. The van der Waals surface area contributed by atoms with Crippen molar-refractivity contribution in [2.45, 2.75) is 33.6 Å². The molecule has 0 atom stereocenters. The summed E-state index contributed by atoms with van der Waals surface area (Å²) >= 11 is 4.99. The number of aromatic nitrogens is 3. The van der Waals surface area contributed by atoms with Crippen LogP contribution in [0, 0.1) is 18.7 Å². The summed E-state index contributed by atoms with van der Waals surface area (Å²) in [7, 11) is 0. The van der Waals surface area contributed by atoms with E-state index in [1.165, 1.54) is 5.56 Å². The van der Waals surface area contributed by atoms with Crippen LogP contribution in [0.5, 0.6) is 0 Å². The fraction of sp³-hybridized carbons (Fsp3) is 0.312. The summed E-state index contributed by atoms with van der Waals surface area (Å²) in [5.41, 5.74) is 5.29. The van der Waals surface area contributed by atoms with Crippen molar-refractivity contribution in [3.05, 3.63) is 39.9 Å². The third-order valence-corrected chi connectivity index (χ3v) is 3.70. The Kier molecular flexibility index (Phi) is 3.37. The van der Waals surface area contributed by atoms with Crippen LogP contribution in [0.4, 0.5) is 0 Å². The quantitative estimate of drug-likeness (QED) is 0.698. The van der Waals surface area contributed by atoms with E-state index < -0.39 is 0 Å².